The van der Waals surface area contributed by atoms with Gasteiger partial charge >= 0.3 is 5.97 Å². The quantitative estimate of drug-likeness (QED) is 0.771. The lowest BCUT2D eigenvalue weighted by atomic mass is 10.2. The molecule has 2 N–H and O–H groups in total. The van der Waals surface area contributed by atoms with E-state index in [0.717, 1.165) is 5.56 Å². The van der Waals surface area contributed by atoms with Gasteiger partial charge in [-0.25, -0.2) is 4.79 Å². The van der Waals surface area contributed by atoms with Crippen molar-refractivity contribution in [3.05, 3.63) is 57.5 Å². The molecule has 0 aliphatic heterocycles. The fraction of sp³-hybridized carbons (Fsp3) is 0.0714. The van der Waals surface area contributed by atoms with Crippen molar-refractivity contribution in [3.8, 4) is 5.75 Å². The van der Waals surface area contributed by atoms with Crippen molar-refractivity contribution in [1.82, 2.24) is 9.55 Å². The number of aromatic carboxylic acids is 1. The summed E-state index contributed by atoms with van der Waals surface area (Å²) in [5, 5.41) is 20.8. The predicted octanol–water partition coefficient (Wildman–Crippen LogP) is 1.91. The average molecular weight is 302 g/mol. The van der Waals surface area contributed by atoms with E-state index in [1.807, 2.05) is 0 Å². The van der Waals surface area contributed by atoms with Crippen LogP contribution in [0.3, 0.4) is 0 Å². The van der Waals surface area contributed by atoms with Gasteiger partial charge in [-0.05, 0) is 23.1 Å². The highest BCUT2D eigenvalue weighted by molar-refractivity contribution is 7.17. The summed E-state index contributed by atoms with van der Waals surface area (Å²) >= 11 is 1.17. The number of thiophene rings is 1. The van der Waals surface area contributed by atoms with Crippen molar-refractivity contribution >= 4 is 27.5 Å². The van der Waals surface area contributed by atoms with Gasteiger partial charge in [0.1, 0.15) is 5.56 Å². The first-order chi connectivity index (χ1) is 10.1. The maximum Gasteiger partial charge on any atom is 0.341 e. The number of hydrogen-bond donors (Lipinski definition) is 2. The van der Waals surface area contributed by atoms with Gasteiger partial charge in [0.2, 0.25) is 0 Å². The Labute approximate surface area is 122 Å². The van der Waals surface area contributed by atoms with Crippen molar-refractivity contribution in [3.63, 3.8) is 0 Å². The Morgan fingerprint density at radius 1 is 1.38 bits per heavy atom. The first kappa shape index (κ1) is 13.3. The minimum Gasteiger partial charge on any atom is -0.502 e. The Kier molecular flexibility index (Phi) is 3.19. The minimum absolute atomic E-state index is 0.216. The zero-order chi connectivity index (χ0) is 15.0. The largest absolute Gasteiger partial charge is 0.502 e. The molecule has 3 aromatic heterocycles. The number of fused-ring (bicyclic) bond motifs is 1. The molecule has 106 valence electrons. The zero-order valence-electron chi connectivity index (χ0n) is 10.7. The Morgan fingerprint density at radius 3 is 2.86 bits per heavy atom. The molecule has 0 radical (unpaired) electrons. The highest BCUT2D eigenvalue weighted by Gasteiger charge is 2.22. The van der Waals surface area contributed by atoms with Gasteiger partial charge in [0.15, 0.2) is 5.75 Å². The highest BCUT2D eigenvalue weighted by Crippen LogP contribution is 2.29. The molecule has 0 bridgehead atoms. The van der Waals surface area contributed by atoms with Gasteiger partial charge in [-0.3, -0.25) is 14.3 Å². The summed E-state index contributed by atoms with van der Waals surface area (Å²) in [6.45, 7) is 0.216. The van der Waals surface area contributed by atoms with Gasteiger partial charge in [0.05, 0.1) is 16.8 Å². The number of pyridine rings is 2. The number of aromatic nitrogens is 2. The lowest BCUT2D eigenvalue weighted by molar-refractivity contribution is 0.0695. The third kappa shape index (κ3) is 2.17. The van der Waals surface area contributed by atoms with Crippen molar-refractivity contribution in [2.24, 2.45) is 0 Å². The summed E-state index contributed by atoms with van der Waals surface area (Å²) in [5.74, 6) is -2.05. The van der Waals surface area contributed by atoms with Crippen molar-refractivity contribution in [2.75, 3.05) is 0 Å². The van der Waals surface area contributed by atoms with Gasteiger partial charge < -0.3 is 10.2 Å². The van der Waals surface area contributed by atoms with E-state index in [2.05, 4.69) is 4.98 Å². The second-order valence-electron chi connectivity index (χ2n) is 4.42. The van der Waals surface area contributed by atoms with Crippen molar-refractivity contribution < 1.29 is 15.0 Å². The molecule has 0 amide bonds. The van der Waals surface area contributed by atoms with Crippen LogP contribution in [0.2, 0.25) is 0 Å². The van der Waals surface area contributed by atoms with Gasteiger partial charge in [-0.15, -0.1) is 11.3 Å². The molecule has 0 saturated heterocycles. The highest BCUT2D eigenvalue weighted by atomic mass is 32.1. The maximum absolute atomic E-state index is 12.2. The average Bonchev–Trinajstić information content (AvgIpc) is 2.93. The number of nitrogens with zero attached hydrogens (tertiary/aromatic N) is 2. The van der Waals surface area contributed by atoms with E-state index >= 15 is 0 Å². The molecule has 0 fully saturated rings. The Hall–Kier alpha value is -2.67. The molecule has 3 aromatic rings. The number of carboxylic acid groups (broad SMARTS) is 1. The smallest absolute Gasteiger partial charge is 0.341 e. The minimum atomic E-state index is -1.31. The van der Waals surface area contributed by atoms with E-state index in [1.165, 1.54) is 15.9 Å². The van der Waals surface area contributed by atoms with Crippen molar-refractivity contribution in [1.29, 1.82) is 0 Å². The monoisotopic (exact) mass is 302 g/mol. The lowest BCUT2D eigenvalue weighted by Crippen LogP contribution is -2.22. The molecule has 6 nitrogen and oxygen atoms in total. The van der Waals surface area contributed by atoms with Gasteiger partial charge in [-0.1, -0.05) is 6.07 Å². The van der Waals surface area contributed by atoms with Crippen LogP contribution in [0.15, 0.2) is 40.8 Å². The molecule has 21 heavy (non-hydrogen) atoms. The van der Waals surface area contributed by atoms with Gasteiger partial charge in [0.25, 0.3) is 5.56 Å². The molecule has 0 aliphatic carbocycles. The summed E-state index contributed by atoms with van der Waals surface area (Å²) in [7, 11) is 0. The molecule has 0 spiro atoms. The topological polar surface area (TPSA) is 92.4 Å². The number of hydrogen-bond acceptors (Lipinski definition) is 5. The molecule has 0 unspecified atom stereocenters. The van der Waals surface area contributed by atoms with Gasteiger partial charge in [-0.2, -0.15) is 0 Å². The fourth-order valence-corrected chi connectivity index (χ4v) is 3.12. The lowest BCUT2D eigenvalue weighted by Gasteiger charge is -2.10. The third-order valence-corrected chi connectivity index (χ3v) is 4.05. The molecule has 0 saturated carbocycles. The van der Waals surface area contributed by atoms with Crippen LogP contribution in [-0.4, -0.2) is 25.7 Å². The summed E-state index contributed by atoms with van der Waals surface area (Å²) in [4.78, 5) is 27.5. The normalized spacial score (nSPS) is 10.9. The van der Waals surface area contributed by atoms with E-state index in [9.17, 15) is 19.8 Å². The van der Waals surface area contributed by atoms with Gasteiger partial charge in [0, 0.05) is 12.4 Å². The summed E-state index contributed by atoms with van der Waals surface area (Å²) < 4.78 is 1.73. The number of carbonyl (C=O) groups is 1. The van der Waals surface area contributed by atoms with Crippen LogP contribution >= 0.6 is 11.3 Å². The van der Waals surface area contributed by atoms with Crippen LogP contribution in [0.4, 0.5) is 0 Å². The number of carboxylic acids is 1. The van der Waals surface area contributed by atoms with E-state index < -0.39 is 17.3 Å². The van der Waals surface area contributed by atoms with E-state index in [-0.39, 0.29) is 12.1 Å². The van der Waals surface area contributed by atoms with Crippen LogP contribution in [0.5, 0.6) is 5.75 Å². The number of aromatic hydroxyl groups is 1. The molecule has 7 heteroatoms. The zero-order valence-corrected chi connectivity index (χ0v) is 11.5. The second-order valence-corrected chi connectivity index (χ2v) is 5.33. The van der Waals surface area contributed by atoms with Crippen LogP contribution in [0.1, 0.15) is 15.9 Å². The standard InChI is InChI=1S/C14H10N2O4S/c17-11-10(14(19)20)12-9(3-5-21-12)16(13(11)18)7-8-2-1-4-15-6-8/h1-6,17H,7H2,(H,19,20). The molecule has 3 rings (SSSR count). The first-order valence-corrected chi connectivity index (χ1v) is 6.92. The third-order valence-electron chi connectivity index (χ3n) is 3.12. The molecule has 0 aromatic carbocycles. The van der Waals surface area contributed by atoms with Crippen LogP contribution in [0.25, 0.3) is 10.2 Å². The van der Waals surface area contributed by atoms with E-state index in [1.54, 1.807) is 36.0 Å². The Bertz CT molecular complexity index is 883. The SMILES string of the molecule is O=C(O)c1c(O)c(=O)n(Cc2cccnc2)c2ccsc12. The first-order valence-electron chi connectivity index (χ1n) is 6.04. The molecule has 3 heterocycles. The predicted molar refractivity (Wildman–Crippen MR) is 78.0 cm³/mol. The fourth-order valence-electron chi connectivity index (χ4n) is 2.18. The Morgan fingerprint density at radius 2 is 2.19 bits per heavy atom. The van der Waals surface area contributed by atoms with Crippen molar-refractivity contribution in [2.45, 2.75) is 6.54 Å². The van der Waals surface area contributed by atoms with E-state index in [4.69, 9.17) is 0 Å². The molecular formula is C14H10N2O4S. The van der Waals surface area contributed by atoms with Crippen LogP contribution in [0, 0.1) is 0 Å². The molecule has 0 atom stereocenters. The van der Waals surface area contributed by atoms with Crippen LogP contribution < -0.4 is 5.56 Å². The summed E-state index contributed by atoms with van der Waals surface area (Å²) in [6.07, 6.45) is 3.24. The molecule has 0 aliphatic rings. The second kappa shape index (κ2) is 5.02. The number of rotatable bonds is 3. The molecular weight excluding hydrogens is 292 g/mol. The Balaban J connectivity index is 2.27. The summed E-state index contributed by atoms with van der Waals surface area (Å²) in [5.41, 5.74) is 0.216. The summed E-state index contributed by atoms with van der Waals surface area (Å²) in [6, 6.07) is 5.22. The van der Waals surface area contributed by atoms with Crippen LogP contribution in [-0.2, 0) is 6.54 Å². The maximum atomic E-state index is 12.2. The van der Waals surface area contributed by atoms with E-state index in [0.29, 0.717) is 10.2 Å².